The van der Waals surface area contributed by atoms with Crippen LogP contribution >= 0.6 is 0 Å². The smallest absolute Gasteiger partial charge is 0.410 e. The van der Waals surface area contributed by atoms with Crippen LogP contribution in [0.15, 0.2) is 36.9 Å². The van der Waals surface area contributed by atoms with Crippen LogP contribution in [0.5, 0.6) is 0 Å². The van der Waals surface area contributed by atoms with Gasteiger partial charge in [-0.2, -0.15) is 0 Å². The number of carbonyl (C=O) groups is 5. The van der Waals surface area contributed by atoms with E-state index >= 15 is 0 Å². The van der Waals surface area contributed by atoms with Gasteiger partial charge in [0.15, 0.2) is 0 Å². The average molecular weight is 747 g/mol. The zero-order chi connectivity index (χ0) is 37.6. The summed E-state index contributed by atoms with van der Waals surface area (Å²) in [4.78, 5) is 70.5. The maximum absolute atomic E-state index is 14.1. The van der Waals surface area contributed by atoms with E-state index in [1.807, 2.05) is 30.4 Å². The molecule has 2 aliphatic carbocycles. The van der Waals surface area contributed by atoms with E-state index < -0.39 is 93.1 Å². The Bertz CT molecular complexity index is 1800. The van der Waals surface area contributed by atoms with Crippen molar-refractivity contribution in [1.82, 2.24) is 30.5 Å². The summed E-state index contributed by atoms with van der Waals surface area (Å²) in [5.41, 5.74) is 0.291. The van der Waals surface area contributed by atoms with Gasteiger partial charge in [0.05, 0.1) is 18.3 Å². The maximum atomic E-state index is 14.1. The van der Waals surface area contributed by atoms with Crippen LogP contribution in [0, 0.1) is 5.92 Å². The van der Waals surface area contributed by atoms with Crippen LogP contribution in [0.1, 0.15) is 75.5 Å². The number of fused-ring (bicyclic) bond motifs is 3. The topological polar surface area (TPSA) is 183 Å². The molecule has 5 aliphatic rings. The third-order valence-corrected chi connectivity index (χ3v) is 12.2. The molecule has 1 aromatic rings. The second-order valence-electron chi connectivity index (χ2n) is 14.9. The molecule has 0 radical (unpaired) electrons. The number of nitrogens with zero attached hydrogens (tertiary/aromatic N) is 2. The number of carbonyl (C=O) groups excluding carboxylic acids is 5. The van der Waals surface area contributed by atoms with Gasteiger partial charge in [-0.05, 0) is 62.6 Å². The Balaban J connectivity index is 1.29. The van der Waals surface area contributed by atoms with E-state index in [2.05, 4.69) is 27.3 Å². The van der Waals surface area contributed by atoms with Crippen molar-refractivity contribution >= 4 is 45.9 Å². The van der Waals surface area contributed by atoms with E-state index in [9.17, 15) is 41.2 Å². The molecule has 52 heavy (non-hydrogen) atoms. The summed E-state index contributed by atoms with van der Waals surface area (Å²) < 4.78 is 60.8. The fourth-order valence-corrected chi connectivity index (χ4v) is 8.53. The fourth-order valence-electron chi connectivity index (χ4n) is 7.16. The summed E-state index contributed by atoms with van der Waals surface area (Å²) in [5, 5.41) is 7.00. The molecule has 3 fully saturated rings. The summed E-state index contributed by atoms with van der Waals surface area (Å²) in [6, 6.07) is 1.67. The van der Waals surface area contributed by atoms with Gasteiger partial charge in [-0.1, -0.05) is 36.4 Å². The standard InChI is InChI=1S/C35H44F2N6O8S/c1-4-22-16-35(22,31(46)41-52(49,50)24-11-12-24)39-29(44)27-14-23-18-43(27)30(45)26(15-28(36)37)38-32(47)40-34(2,3)13-6-5-8-20-9-7-10-21-17-42(19-25(20)21)33(48)51-23/h4-5,7-10,22-24,26-28H,1,6,11-19H2,2-3H3,(H,39,44)(H,41,46)(H2,38,40,47)/t22-,23-,26+,27+,35-/m1/s1. The van der Waals surface area contributed by atoms with E-state index in [0.29, 0.717) is 25.7 Å². The number of ether oxygens (including phenoxy) is 1. The van der Waals surface area contributed by atoms with Gasteiger partial charge in [-0.25, -0.2) is 26.8 Å². The molecule has 17 heteroatoms. The number of hydrogen-bond acceptors (Lipinski definition) is 8. The Morgan fingerprint density at radius 3 is 2.60 bits per heavy atom. The Morgan fingerprint density at radius 2 is 1.92 bits per heavy atom. The molecular formula is C35H44F2N6O8S. The molecule has 0 aromatic heterocycles. The van der Waals surface area contributed by atoms with Gasteiger partial charge in [0.2, 0.25) is 28.3 Å². The number of allylic oxidation sites excluding steroid dienone is 1. The first-order chi connectivity index (χ1) is 24.5. The SMILES string of the molecule is C=C[C@@H]1C[C@]1(NC(=O)[C@@H]1C[C@@H]2CN1C(=O)[C@H](CC(F)F)NC(=O)NC(C)(C)CCC=Cc1cccc3c1CN(C3)C(=O)O2)C(=O)NS(=O)(=O)C1CC1. The lowest BCUT2D eigenvalue weighted by molar-refractivity contribution is -0.141. The van der Waals surface area contributed by atoms with Crippen molar-refractivity contribution in [2.24, 2.45) is 5.92 Å². The van der Waals surface area contributed by atoms with Gasteiger partial charge in [-0.3, -0.25) is 24.0 Å². The molecule has 4 N–H and O–H groups in total. The molecule has 6 rings (SSSR count). The highest BCUT2D eigenvalue weighted by Crippen LogP contribution is 2.45. The van der Waals surface area contributed by atoms with Crippen LogP contribution < -0.4 is 20.7 Å². The van der Waals surface area contributed by atoms with Gasteiger partial charge >= 0.3 is 12.1 Å². The minimum absolute atomic E-state index is 0.0333. The Hall–Kier alpha value is -4.54. The van der Waals surface area contributed by atoms with E-state index in [-0.39, 0.29) is 32.5 Å². The van der Waals surface area contributed by atoms with Gasteiger partial charge in [-0.15, -0.1) is 6.58 Å². The van der Waals surface area contributed by atoms with Gasteiger partial charge in [0.25, 0.3) is 5.91 Å². The highest BCUT2D eigenvalue weighted by atomic mass is 32.2. The Kier molecular flexibility index (Phi) is 10.1. The number of amides is 6. The average Bonchev–Trinajstić information content (AvgIpc) is 3.95. The monoisotopic (exact) mass is 746 g/mol. The Morgan fingerprint density at radius 1 is 1.17 bits per heavy atom. The first-order valence-corrected chi connectivity index (χ1v) is 19.0. The lowest BCUT2D eigenvalue weighted by atomic mass is 9.97. The van der Waals surface area contributed by atoms with Crippen molar-refractivity contribution in [2.75, 3.05) is 6.54 Å². The molecule has 3 heterocycles. The largest absolute Gasteiger partial charge is 0.444 e. The van der Waals surface area contributed by atoms with E-state index in [4.69, 9.17) is 4.74 Å². The summed E-state index contributed by atoms with van der Waals surface area (Å²) in [5.74, 6) is -3.49. The van der Waals surface area contributed by atoms with Crippen molar-refractivity contribution in [2.45, 2.75) is 113 Å². The zero-order valence-corrected chi connectivity index (χ0v) is 29.8. The van der Waals surface area contributed by atoms with Crippen molar-refractivity contribution in [3.05, 3.63) is 53.6 Å². The second-order valence-corrected chi connectivity index (χ2v) is 16.8. The minimum atomic E-state index is -3.97. The number of sulfonamides is 1. The maximum Gasteiger partial charge on any atom is 0.410 e. The summed E-state index contributed by atoms with van der Waals surface area (Å²) in [6.07, 6.45) is 1.04. The summed E-state index contributed by atoms with van der Waals surface area (Å²) >= 11 is 0. The quantitative estimate of drug-likeness (QED) is 0.293. The highest BCUT2D eigenvalue weighted by Gasteiger charge is 2.62. The van der Waals surface area contributed by atoms with Crippen molar-refractivity contribution in [3.8, 4) is 0 Å². The van der Waals surface area contributed by atoms with Gasteiger partial charge in [0.1, 0.15) is 23.7 Å². The van der Waals surface area contributed by atoms with Crippen molar-refractivity contribution in [1.29, 1.82) is 0 Å². The lowest BCUT2D eigenvalue weighted by Crippen LogP contribution is -2.59. The van der Waals surface area contributed by atoms with Crippen LogP contribution in [0.2, 0.25) is 0 Å². The number of rotatable bonds is 8. The van der Waals surface area contributed by atoms with Crippen LogP contribution in [0.4, 0.5) is 18.4 Å². The lowest BCUT2D eigenvalue weighted by Gasteiger charge is -2.31. The van der Waals surface area contributed by atoms with Crippen LogP contribution in [0.25, 0.3) is 6.08 Å². The van der Waals surface area contributed by atoms with Crippen LogP contribution in [-0.4, -0.2) is 95.5 Å². The Labute approximate surface area is 300 Å². The van der Waals surface area contributed by atoms with Crippen LogP contribution in [0.3, 0.4) is 0 Å². The first kappa shape index (κ1) is 37.2. The minimum Gasteiger partial charge on any atom is -0.444 e. The van der Waals surface area contributed by atoms with Gasteiger partial charge < -0.3 is 25.6 Å². The van der Waals surface area contributed by atoms with Gasteiger partial charge in [0, 0.05) is 30.8 Å². The number of benzene rings is 1. The van der Waals surface area contributed by atoms with E-state index in [1.165, 1.54) is 11.0 Å². The number of hydrogen-bond donors (Lipinski definition) is 4. The fraction of sp³-hybridized carbons (Fsp3) is 0.571. The number of nitrogens with one attached hydrogen (secondary N) is 4. The molecule has 6 amide bonds. The normalized spacial score (nSPS) is 28.9. The molecule has 0 spiro atoms. The third-order valence-electron chi connectivity index (χ3n) is 10.3. The molecule has 5 atom stereocenters. The number of urea groups is 1. The zero-order valence-electron chi connectivity index (χ0n) is 29.0. The van der Waals surface area contributed by atoms with E-state index in [1.54, 1.807) is 13.8 Å². The van der Waals surface area contributed by atoms with E-state index in [0.717, 1.165) is 21.6 Å². The molecule has 1 aromatic carbocycles. The molecule has 2 saturated carbocycles. The molecule has 14 nitrogen and oxygen atoms in total. The van der Waals surface area contributed by atoms with Crippen molar-refractivity contribution < 1.29 is 45.9 Å². The molecule has 3 aliphatic heterocycles. The first-order valence-electron chi connectivity index (χ1n) is 17.4. The highest BCUT2D eigenvalue weighted by molar-refractivity contribution is 7.91. The molecule has 4 bridgehead atoms. The number of alkyl halides is 2. The summed E-state index contributed by atoms with van der Waals surface area (Å²) in [7, 11) is -3.97. The second kappa shape index (κ2) is 14.1. The molecule has 282 valence electrons. The molecule has 1 saturated heterocycles. The predicted octanol–water partition coefficient (Wildman–Crippen LogP) is 2.69. The number of halogens is 2. The predicted molar refractivity (Wildman–Crippen MR) is 184 cm³/mol. The molecule has 0 unspecified atom stereocenters. The van der Waals surface area contributed by atoms with Crippen LogP contribution in [-0.2, 0) is 42.2 Å². The van der Waals surface area contributed by atoms with Crippen molar-refractivity contribution in [3.63, 3.8) is 0 Å². The molecular weight excluding hydrogens is 702 g/mol. The summed E-state index contributed by atoms with van der Waals surface area (Å²) in [6.45, 7) is 7.35. The third kappa shape index (κ3) is 7.93.